The van der Waals surface area contributed by atoms with Crippen molar-refractivity contribution in [1.29, 1.82) is 0 Å². The van der Waals surface area contributed by atoms with Crippen LogP contribution < -0.4 is 21.3 Å². The summed E-state index contributed by atoms with van der Waals surface area (Å²) in [5.74, 6) is -2.61. The molecule has 5 aromatic rings. The van der Waals surface area contributed by atoms with Gasteiger partial charge in [-0.1, -0.05) is 48.6 Å². The molecule has 24 heteroatoms. The highest BCUT2D eigenvalue weighted by atomic mass is 32.2. The van der Waals surface area contributed by atoms with E-state index in [0.29, 0.717) is 0 Å². The summed E-state index contributed by atoms with van der Waals surface area (Å²) in [6, 6.07) is 18.8. The van der Waals surface area contributed by atoms with E-state index in [1.807, 2.05) is 0 Å². The first-order chi connectivity index (χ1) is 29.7. The van der Waals surface area contributed by atoms with Crippen LogP contribution in [0.15, 0.2) is 117 Å². The SMILES string of the molecule is CC(=O)Nc1ccc(/C=C/c2ccc(NC(=O)c3ccc(C(=O)Nc4ccc(/C=C/c5ccc(NC(C)=O)cc5S(=O)(=O)O)c(S(=O)(=O)O)c4)cc3)cc2S(=O)(=O)O)c(S(=O)(=O)O)c1. The van der Waals surface area contributed by atoms with E-state index < -0.39 is 83.7 Å². The minimum atomic E-state index is -4.95. The zero-order chi connectivity index (χ0) is 47.4. The highest BCUT2D eigenvalue weighted by molar-refractivity contribution is 7.86. The van der Waals surface area contributed by atoms with Crippen LogP contribution in [0.1, 0.15) is 56.8 Å². The molecule has 0 atom stereocenters. The summed E-state index contributed by atoms with van der Waals surface area (Å²) < 4.78 is 137. The van der Waals surface area contributed by atoms with E-state index in [1.54, 1.807) is 0 Å². The van der Waals surface area contributed by atoms with Gasteiger partial charge in [-0.2, -0.15) is 33.7 Å². The summed E-state index contributed by atoms with van der Waals surface area (Å²) in [5.41, 5.74) is -0.698. The molecule has 0 heterocycles. The Bertz CT molecular complexity index is 3040. The Morgan fingerprint density at radius 3 is 0.797 bits per heavy atom. The Morgan fingerprint density at radius 1 is 0.375 bits per heavy atom. The molecule has 0 saturated heterocycles. The van der Waals surface area contributed by atoms with Crippen LogP contribution in [-0.4, -0.2) is 75.5 Å². The summed E-state index contributed by atoms with van der Waals surface area (Å²) >= 11 is 0. The Labute approximate surface area is 365 Å². The van der Waals surface area contributed by atoms with Gasteiger partial charge in [0.15, 0.2) is 0 Å². The smallest absolute Gasteiger partial charge is 0.295 e. The minimum Gasteiger partial charge on any atom is -0.326 e. The van der Waals surface area contributed by atoms with E-state index in [9.17, 15) is 71.1 Å². The Balaban J connectivity index is 1.32. The van der Waals surface area contributed by atoms with E-state index in [0.717, 1.165) is 48.6 Å². The molecule has 0 spiro atoms. The third-order valence-corrected chi connectivity index (χ3v) is 12.3. The molecule has 0 aromatic heterocycles. The normalized spacial score (nSPS) is 12.2. The van der Waals surface area contributed by atoms with E-state index in [2.05, 4.69) is 21.3 Å². The number of rotatable bonds is 14. The molecular formula is C40H34N4O16S4. The second-order valence-corrected chi connectivity index (χ2v) is 19.0. The van der Waals surface area contributed by atoms with E-state index in [4.69, 9.17) is 0 Å². The number of benzene rings is 5. The lowest BCUT2D eigenvalue weighted by Gasteiger charge is -2.11. The lowest BCUT2D eigenvalue weighted by atomic mass is 10.1. The Kier molecular flexibility index (Phi) is 14.2. The number of hydrogen-bond acceptors (Lipinski definition) is 12. The molecule has 5 aromatic carbocycles. The van der Waals surface area contributed by atoms with Crippen LogP contribution in [0.25, 0.3) is 24.3 Å². The molecule has 5 rings (SSSR count). The van der Waals surface area contributed by atoms with Gasteiger partial charge in [0.25, 0.3) is 52.3 Å². The van der Waals surface area contributed by atoms with E-state index in [-0.39, 0.29) is 56.1 Å². The quantitative estimate of drug-likeness (QED) is 0.0508. The lowest BCUT2D eigenvalue weighted by Crippen LogP contribution is -2.15. The van der Waals surface area contributed by atoms with Crippen molar-refractivity contribution in [2.75, 3.05) is 21.3 Å². The molecule has 0 radical (unpaired) electrons. The van der Waals surface area contributed by atoms with Crippen LogP contribution in [0, 0.1) is 0 Å². The van der Waals surface area contributed by atoms with Gasteiger partial charge in [-0.05, 0) is 95.1 Å². The third kappa shape index (κ3) is 12.6. The number of carbonyl (C=O) groups is 4. The molecule has 8 N–H and O–H groups in total. The average Bonchev–Trinajstić information content (AvgIpc) is 3.18. The topological polar surface area (TPSA) is 334 Å². The molecule has 334 valence electrons. The van der Waals surface area contributed by atoms with Crippen LogP contribution in [0.4, 0.5) is 22.7 Å². The van der Waals surface area contributed by atoms with Crippen molar-refractivity contribution in [3.8, 4) is 0 Å². The van der Waals surface area contributed by atoms with Crippen LogP contribution in [0.5, 0.6) is 0 Å². The second kappa shape index (κ2) is 18.8. The molecule has 0 aliphatic heterocycles. The maximum Gasteiger partial charge on any atom is 0.295 e. The van der Waals surface area contributed by atoms with Crippen molar-refractivity contribution >= 4 is 111 Å². The summed E-state index contributed by atoms with van der Waals surface area (Å²) in [5, 5.41) is 9.63. The van der Waals surface area contributed by atoms with Gasteiger partial charge in [-0.3, -0.25) is 37.4 Å². The van der Waals surface area contributed by atoms with Crippen molar-refractivity contribution in [2.45, 2.75) is 33.4 Å². The predicted octanol–water partition coefficient (Wildman–Crippen LogP) is 5.44. The zero-order valence-electron chi connectivity index (χ0n) is 32.9. The molecule has 0 saturated carbocycles. The van der Waals surface area contributed by atoms with Gasteiger partial charge in [-0.25, -0.2) is 0 Å². The molecule has 20 nitrogen and oxygen atoms in total. The largest absolute Gasteiger partial charge is 0.326 e. The molecule has 0 fully saturated rings. The fourth-order valence-electron chi connectivity index (χ4n) is 5.84. The monoisotopic (exact) mass is 954 g/mol. The third-order valence-electron chi connectivity index (χ3n) is 8.62. The zero-order valence-corrected chi connectivity index (χ0v) is 36.1. The number of carbonyl (C=O) groups excluding carboxylic acids is 4. The van der Waals surface area contributed by atoms with Crippen LogP contribution in [0.2, 0.25) is 0 Å². The van der Waals surface area contributed by atoms with Crippen LogP contribution in [-0.2, 0) is 50.1 Å². The van der Waals surface area contributed by atoms with Gasteiger partial charge in [0, 0.05) is 47.7 Å². The fourth-order valence-corrected chi connectivity index (χ4v) is 8.68. The minimum absolute atomic E-state index is 0.0268. The first-order valence-electron chi connectivity index (χ1n) is 17.8. The lowest BCUT2D eigenvalue weighted by molar-refractivity contribution is -0.115. The standard InChI is InChI=1S/C40H34N4O16S4/c1-23(45)41-31-15-11-25(35(19-31)61(49,50)51)3-5-27-13-17-33(21-37(27)63(55,56)57)43-39(47)29-7-9-30(10-8-29)40(48)44-34-18-14-28(38(22-34)64(58,59)60)6-4-26-12-16-32(42-24(2)46)20-36(26)62(52,53)54/h3-22H,1-2H3,(H,41,45)(H,42,46)(H,43,47)(H,44,48)(H,49,50,51)(H,52,53,54)(H,55,56,57)(H,58,59,60)/b5-3+,6-4+. The maximum atomic E-state index is 13.1. The number of amides is 4. The number of hydrogen-bond donors (Lipinski definition) is 8. The fraction of sp³-hybridized carbons (Fsp3) is 0.0500. The van der Waals surface area contributed by atoms with E-state index in [1.165, 1.54) is 86.6 Å². The van der Waals surface area contributed by atoms with Crippen molar-refractivity contribution in [2.24, 2.45) is 0 Å². The Morgan fingerprint density at radius 2 is 0.594 bits per heavy atom. The van der Waals surface area contributed by atoms with Crippen molar-refractivity contribution in [3.05, 3.63) is 130 Å². The van der Waals surface area contributed by atoms with Gasteiger partial charge in [-0.15, -0.1) is 0 Å². The van der Waals surface area contributed by atoms with Gasteiger partial charge in [0.1, 0.15) is 19.6 Å². The van der Waals surface area contributed by atoms with Gasteiger partial charge < -0.3 is 21.3 Å². The first kappa shape index (κ1) is 48.1. The van der Waals surface area contributed by atoms with Crippen molar-refractivity contribution in [3.63, 3.8) is 0 Å². The van der Waals surface area contributed by atoms with Crippen LogP contribution in [0.3, 0.4) is 0 Å². The molecule has 4 amide bonds. The Hall–Kier alpha value is -6.90. The maximum absolute atomic E-state index is 13.1. The summed E-state index contributed by atoms with van der Waals surface area (Å²) in [4.78, 5) is 46.4. The molecular weight excluding hydrogens is 921 g/mol. The van der Waals surface area contributed by atoms with Gasteiger partial charge in [0.2, 0.25) is 11.8 Å². The summed E-state index contributed by atoms with van der Waals surface area (Å²) in [6.07, 6.45) is 4.51. The van der Waals surface area contributed by atoms with Crippen molar-refractivity contribution in [1.82, 2.24) is 0 Å². The number of anilines is 4. The average molecular weight is 955 g/mol. The summed E-state index contributed by atoms with van der Waals surface area (Å²) in [7, 11) is -19.6. The molecule has 64 heavy (non-hydrogen) atoms. The van der Waals surface area contributed by atoms with Gasteiger partial charge in [0.05, 0.1) is 0 Å². The van der Waals surface area contributed by atoms with Gasteiger partial charge >= 0.3 is 0 Å². The molecule has 0 aliphatic carbocycles. The number of nitrogens with one attached hydrogen (secondary N) is 4. The highest BCUT2D eigenvalue weighted by Gasteiger charge is 2.21. The highest BCUT2D eigenvalue weighted by Crippen LogP contribution is 2.29. The molecule has 0 unspecified atom stereocenters. The van der Waals surface area contributed by atoms with Crippen molar-refractivity contribution < 1.29 is 71.1 Å². The second-order valence-electron chi connectivity index (χ2n) is 13.4. The first-order valence-corrected chi connectivity index (χ1v) is 23.6. The molecule has 0 aliphatic rings. The van der Waals surface area contributed by atoms with Crippen LogP contribution >= 0.6 is 0 Å². The predicted molar refractivity (Wildman–Crippen MR) is 234 cm³/mol. The molecule has 0 bridgehead atoms. The van der Waals surface area contributed by atoms with E-state index >= 15 is 0 Å². The summed E-state index contributed by atoms with van der Waals surface area (Å²) in [6.45, 7) is 2.36.